The number of rotatable bonds is 10. The van der Waals surface area contributed by atoms with Crippen molar-refractivity contribution < 1.29 is 19.1 Å². The summed E-state index contributed by atoms with van der Waals surface area (Å²) >= 11 is 1.38. The zero-order valence-corrected chi connectivity index (χ0v) is 17.5. The Morgan fingerprint density at radius 1 is 0.897 bits per heavy atom. The average molecular weight is 415 g/mol. The van der Waals surface area contributed by atoms with Crippen molar-refractivity contribution >= 4 is 29.4 Å². The van der Waals surface area contributed by atoms with Crippen LogP contribution in [0.15, 0.2) is 53.4 Å². The summed E-state index contributed by atoms with van der Waals surface area (Å²) in [7, 11) is 0. The third-order valence-electron chi connectivity index (χ3n) is 3.96. The number of nitrogens with one attached hydrogen (secondary N) is 2. The fourth-order valence-corrected chi connectivity index (χ4v) is 3.05. The van der Waals surface area contributed by atoms with Gasteiger partial charge in [0.1, 0.15) is 5.75 Å². The number of Topliss-reactive ketones (excluding diaryl/α,β-unsaturated/α-hetero) is 1. The second kappa shape index (κ2) is 11.9. The summed E-state index contributed by atoms with van der Waals surface area (Å²) < 4.78 is 5.48. The SMILES string of the molecule is CCCOc1ccc(C(=O)CCC(=O)NNC(=O)CSc2ccc(C)cc2)cc1. The number of ketones is 1. The topological polar surface area (TPSA) is 84.5 Å². The molecule has 154 valence electrons. The molecule has 2 aromatic rings. The molecule has 2 aromatic carbocycles. The zero-order valence-electron chi connectivity index (χ0n) is 16.7. The van der Waals surface area contributed by atoms with Gasteiger partial charge >= 0.3 is 0 Å². The molecule has 0 atom stereocenters. The first-order valence-corrected chi connectivity index (χ1v) is 10.5. The van der Waals surface area contributed by atoms with Crippen molar-refractivity contribution in [3.63, 3.8) is 0 Å². The monoisotopic (exact) mass is 414 g/mol. The highest BCUT2D eigenvalue weighted by Crippen LogP contribution is 2.17. The Labute approximate surface area is 175 Å². The summed E-state index contributed by atoms with van der Waals surface area (Å²) in [4.78, 5) is 36.9. The van der Waals surface area contributed by atoms with E-state index in [1.54, 1.807) is 24.3 Å². The van der Waals surface area contributed by atoms with Crippen molar-refractivity contribution in [1.29, 1.82) is 0 Å². The van der Waals surface area contributed by atoms with E-state index >= 15 is 0 Å². The summed E-state index contributed by atoms with van der Waals surface area (Å²) in [5.74, 6) is 0.0537. The van der Waals surface area contributed by atoms with Crippen LogP contribution in [-0.2, 0) is 9.59 Å². The molecule has 0 fully saturated rings. The van der Waals surface area contributed by atoms with E-state index in [9.17, 15) is 14.4 Å². The molecule has 0 unspecified atom stereocenters. The first kappa shape index (κ1) is 22.5. The van der Waals surface area contributed by atoms with Crippen LogP contribution in [0.4, 0.5) is 0 Å². The Bertz CT molecular complexity index is 820. The highest BCUT2D eigenvalue weighted by Gasteiger charge is 2.11. The van der Waals surface area contributed by atoms with Gasteiger partial charge in [-0.1, -0.05) is 24.6 Å². The minimum atomic E-state index is -0.407. The number of aryl methyl sites for hydroxylation is 1. The number of amides is 2. The Morgan fingerprint density at radius 3 is 2.21 bits per heavy atom. The van der Waals surface area contributed by atoms with Gasteiger partial charge in [-0.25, -0.2) is 0 Å². The molecular formula is C22H26N2O4S. The molecule has 0 saturated carbocycles. The lowest BCUT2D eigenvalue weighted by Gasteiger charge is -2.08. The summed E-state index contributed by atoms with van der Waals surface area (Å²) in [6, 6.07) is 14.7. The lowest BCUT2D eigenvalue weighted by atomic mass is 10.1. The van der Waals surface area contributed by atoms with Gasteiger partial charge in [-0.05, 0) is 49.7 Å². The third kappa shape index (κ3) is 8.39. The molecular weight excluding hydrogens is 388 g/mol. The molecule has 2 rings (SSSR count). The predicted octanol–water partition coefficient (Wildman–Crippen LogP) is 3.69. The van der Waals surface area contributed by atoms with E-state index in [1.165, 1.54) is 11.8 Å². The minimum Gasteiger partial charge on any atom is -0.494 e. The van der Waals surface area contributed by atoms with Crippen molar-refractivity contribution in [1.82, 2.24) is 10.9 Å². The molecule has 0 spiro atoms. The second-order valence-corrected chi connectivity index (χ2v) is 7.54. The number of carbonyl (C=O) groups is 3. The first-order valence-electron chi connectivity index (χ1n) is 9.51. The van der Waals surface area contributed by atoms with Gasteiger partial charge in [-0.2, -0.15) is 0 Å². The molecule has 0 aliphatic heterocycles. The quantitative estimate of drug-likeness (QED) is 0.352. The average Bonchev–Trinajstić information content (AvgIpc) is 2.74. The van der Waals surface area contributed by atoms with Crippen LogP contribution in [0.3, 0.4) is 0 Å². The van der Waals surface area contributed by atoms with Crippen LogP contribution in [0.25, 0.3) is 0 Å². The van der Waals surface area contributed by atoms with Gasteiger partial charge in [-0.3, -0.25) is 25.2 Å². The van der Waals surface area contributed by atoms with Crippen molar-refractivity contribution in [3.8, 4) is 5.75 Å². The molecule has 6 nitrogen and oxygen atoms in total. The molecule has 0 heterocycles. The Kier molecular flexibility index (Phi) is 9.24. The molecule has 0 radical (unpaired) electrons. The third-order valence-corrected chi connectivity index (χ3v) is 4.97. The van der Waals surface area contributed by atoms with Gasteiger partial charge < -0.3 is 4.74 Å². The van der Waals surface area contributed by atoms with Crippen molar-refractivity contribution in [2.75, 3.05) is 12.4 Å². The lowest BCUT2D eigenvalue weighted by Crippen LogP contribution is -2.42. The Hall–Kier alpha value is -2.80. The van der Waals surface area contributed by atoms with Crippen LogP contribution in [0.2, 0.25) is 0 Å². The molecule has 0 aromatic heterocycles. The Morgan fingerprint density at radius 2 is 1.55 bits per heavy atom. The maximum absolute atomic E-state index is 12.2. The molecule has 29 heavy (non-hydrogen) atoms. The lowest BCUT2D eigenvalue weighted by molar-refractivity contribution is -0.127. The van der Waals surface area contributed by atoms with E-state index in [1.807, 2.05) is 38.1 Å². The van der Waals surface area contributed by atoms with Crippen LogP contribution in [0, 0.1) is 6.92 Å². The van der Waals surface area contributed by atoms with E-state index in [2.05, 4.69) is 10.9 Å². The number of benzene rings is 2. The number of thioether (sulfide) groups is 1. The second-order valence-electron chi connectivity index (χ2n) is 6.49. The van der Waals surface area contributed by atoms with Gasteiger partial charge in [-0.15, -0.1) is 11.8 Å². The normalized spacial score (nSPS) is 10.3. The van der Waals surface area contributed by atoms with Crippen LogP contribution < -0.4 is 15.6 Å². The van der Waals surface area contributed by atoms with Crippen molar-refractivity contribution in [3.05, 3.63) is 59.7 Å². The van der Waals surface area contributed by atoms with E-state index < -0.39 is 5.91 Å². The van der Waals surface area contributed by atoms with Crippen molar-refractivity contribution in [2.24, 2.45) is 0 Å². The summed E-state index contributed by atoms with van der Waals surface area (Å²) in [5.41, 5.74) is 6.39. The van der Waals surface area contributed by atoms with Crippen molar-refractivity contribution in [2.45, 2.75) is 38.0 Å². The number of hydrazine groups is 1. The van der Waals surface area contributed by atoms with E-state index in [0.29, 0.717) is 17.9 Å². The maximum atomic E-state index is 12.2. The molecule has 2 N–H and O–H groups in total. The molecule has 0 aliphatic carbocycles. The largest absolute Gasteiger partial charge is 0.494 e. The highest BCUT2D eigenvalue weighted by atomic mass is 32.2. The number of ether oxygens (including phenoxy) is 1. The minimum absolute atomic E-state index is 0.00168. The number of hydrogen-bond acceptors (Lipinski definition) is 5. The van der Waals surface area contributed by atoms with Crippen LogP contribution in [-0.4, -0.2) is 30.0 Å². The van der Waals surface area contributed by atoms with E-state index in [4.69, 9.17) is 4.74 Å². The summed E-state index contributed by atoms with van der Waals surface area (Å²) in [6.07, 6.45) is 0.976. The van der Waals surface area contributed by atoms with E-state index in [-0.39, 0.29) is 30.3 Å². The predicted molar refractivity (Wildman–Crippen MR) is 114 cm³/mol. The maximum Gasteiger partial charge on any atom is 0.248 e. The first-order chi connectivity index (χ1) is 14.0. The smallest absolute Gasteiger partial charge is 0.248 e. The zero-order chi connectivity index (χ0) is 21.1. The van der Waals surface area contributed by atoms with Crippen LogP contribution in [0.1, 0.15) is 42.1 Å². The standard InChI is InChI=1S/C22H26N2O4S/c1-3-14-28-18-8-6-17(7-9-18)20(25)12-13-21(26)23-24-22(27)15-29-19-10-4-16(2)5-11-19/h4-11H,3,12-15H2,1-2H3,(H,23,26)(H,24,27). The van der Waals surface area contributed by atoms with Crippen LogP contribution in [0.5, 0.6) is 5.75 Å². The summed E-state index contributed by atoms with van der Waals surface area (Å²) in [5, 5.41) is 0. The fourth-order valence-electron chi connectivity index (χ4n) is 2.35. The molecule has 7 heteroatoms. The fraction of sp³-hybridized carbons (Fsp3) is 0.318. The molecule has 2 amide bonds. The van der Waals surface area contributed by atoms with Gasteiger partial charge in [0.25, 0.3) is 0 Å². The van der Waals surface area contributed by atoms with E-state index in [0.717, 1.165) is 16.9 Å². The van der Waals surface area contributed by atoms with Gasteiger partial charge in [0.15, 0.2) is 5.78 Å². The van der Waals surface area contributed by atoms with Crippen LogP contribution >= 0.6 is 11.8 Å². The van der Waals surface area contributed by atoms with Gasteiger partial charge in [0.2, 0.25) is 11.8 Å². The van der Waals surface area contributed by atoms with Gasteiger partial charge in [0, 0.05) is 23.3 Å². The van der Waals surface area contributed by atoms with Gasteiger partial charge in [0.05, 0.1) is 12.4 Å². The molecule has 0 aliphatic rings. The number of hydrogen-bond donors (Lipinski definition) is 2. The Balaban J connectivity index is 1.66. The summed E-state index contributed by atoms with van der Waals surface area (Å²) in [6.45, 7) is 4.65. The number of carbonyl (C=O) groups excluding carboxylic acids is 3. The molecule has 0 bridgehead atoms. The molecule has 0 saturated heterocycles. The highest BCUT2D eigenvalue weighted by molar-refractivity contribution is 8.00.